The molecule has 0 unspecified atom stereocenters. The number of nitrogens with zero attached hydrogens (tertiary/aromatic N) is 3. The van der Waals surface area contributed by atoms with Gasteiger partial charge in [0, 0.05) is 4.88 Å². The van der Waals surface area contributed by atoms with Gasteiger partial charge in [-0.05, 0) is 42.2 Å². The predicted molar refractivity (Wildman–Crippen MR) is 109 cm³/mol. The molecule has 0 bridgehead atoms. The minimum atomic E-state index is 0.000697. The number of aryl methyl sites for hydroxylation is 2. The van der Waals surface area contributed by atoms with E-state index < -0.39 is 0 Å². The average molecular weight is 371 g/mol. The lowest BCUT2D eigenvalue weighted by Gasteiger charge is -2.08. The van der Waals surface area contributed by atoms with Gasteiger partial charge in [0.2, 0.25) is 0 Å². The quantitative estimate of drug-likeness (QED) is 0.526. The van der Waals surface area contributed by atoms with Crippen LogP contribution in [0.5, 0.6) is 0 Å². The highest BCUT2D eigenvalue weighted by molar-refractivity contribution is 7.18. The van der Waals surface area contributed by atoms with Crippen molar-refractivity contribution in [3.05, 3.63) is 86.8 Å². The monoisotopic (exact) mass is 371 g/mol. The van der Waals surface area contributed by atoms with Crippen LogP contribution in [0.25, 0.3) is 21.3 Å². The molecule has 5 heteroatoms. The molecular formula is C22H17N3OS. The second kappa shape index (κ2) is 6.82. The van der Waals surface area contributed by atoms with E-state index >= 15 is 0 Å². The Hall–Kier alpha value is -3.23. The lowest BCUT2D eigenvalue weighted by atomic mass is 9.99. The van der Waals surface area contributed by atoms with Gasteiger partial charge in [-0.25, -0.2) is 4.98 Å². The summed E-state index contributed by atoms with van der Waals surface area (Å²) in [5.74, 6) is 0. The number of hydrogen-bond acceptors (Lipinski definition) is 4. The molecule has 0 amide bonds. The van der Waals surface area contributed by atoms with E-state index in [2.05, 4.69) is 11.1 Å². The summed E-state index contributed by atoms with van der Waals surface area (Å²) in [6, 6.07) is 17.7. The number of nitriles is 1. The van der Waals surface area contributed by atoms with Crippen molar-refractivity contribution in [2.45, 2.75) is 20.4 Å². The second-order valence-electron chi connectivity index (χ2n) is 6.50. The molecule has 4 aromatic rings. The molecule has 2 heterocycles. The molecule has 132 valence electrons. The number of rotatable bonds is 3. The largest absolute Gasteiger partial charge is 0.294 e. The summed E-state index contributed by atoms with van der Waals surface area (Å²) in [5, 5.41) is 10.00. The van der Waals surface area contributed by atoms with Gasteiger partial charge in [-0.2, -0.15) is 5.26 Å². The topological polar surface area (TPSA) is 58.7 Å². The van der Waals surface area contributed by atoms with Gasteiger partial charge in [-0.1, -0.05) is 42.5 Å². The maximum Gasteiger partial charge on any atom is 0.262 e. The van der Waals surface area contributed by atoms with Crippen LogP contribution in [0, 0.1) is 25.2 Å². The minimum absolute atomic E-state index is 0.000697. The molecule has 0 aliphatic rings. The van der Waals surface area contributed by atoms with Crippen LogP contribution in [0.3, 0.4) is 0 Å². The van der Waals surface area contributed by atoms with Crippen LogP contribution in [0.15, 0.2) is 59.7 Å². The van der Waals surface area contributed by atoms with Crippen LogP contribution in [0.1, 0.15) is 21.6 Å². The number of fused-ring (bicyclic) bond motifs is 1. The average Bonchev–Trinajstić information content (AvgIpc) is 2.99. The molecule has 0 aliphatic carbocycles. The van der Waals surface area contributed by atoms with Crippen LogP contribution in [0.2, 0.25) is 0 Å². The van der Waals surface area contributed by atoms with E-state index in [1.165, 1.54) is 0 Å². The van der Waals surface area contributed by atoms with Crippen molar-refractivity contribution >= 4 is 21.6 Å². The highest BCUT2D eigenvalue weighted by Crippen LogP contribution is 2.26. The molecule has 0 aliphatic heterocycles. The summed E-state index contributed by atoms with van der Waals surface area (Å²) < 4.78 is 1.65. The van der Waals surface area contributed by atoms with E-state index in [1.807, 2.05) is 62.4 Å². The zero-order valence-electron chi connectivity index (χ0n) is 15.1. The molecule has 4 rings (SSSR count). The lowest BCUT2D eigenvalue weighted by Crippen LogP contribution is -2.21. The fourth-order valence-corrected chi connectivity index (χ4v) is 4.19. The molecule has 0 atom stereocenters. The summed E-state index contributed by atoms with van der Waals surface area (Å²) in [5.41, 5.74) is 4.59. The van der Waals surface area contributed by atoms with Crippen molar-refractivity contribution in [3.8, 4) is 17.2 Å². The molecular weight excluding hydrogens is 354 g/mol. The molecule has 27 heavy (non-hydrogen) atoms. The first-order valence-electron chi connectivity index (χ1n) is 8.62. The highest BCUT2D eigenvalue weighted by Gasteiger charge is 2.12. The molecule has 0 radical (unpaired) electrons. The van der Waals surface area contributed by atoms with Crippen LogP contribution in [0.4, 0.5) is 0 Å². The number of hydrogen-bond donors (Lipinski definition) is 0. The van der Waals surface area contributed by atoms with Crippen LogP contribution in [-0.4, -0.2) is 9.55 Å². The van der Waals surface area contributed by atoms with E-state index in [0.717, 1.165) is 37.3 Å². The van der Waals surface area contributed by atoms with Gasteiger partial charge >= 0.3 is 0 Å². The molecule has 2 aromatic heterocycles. The first kappa shape index (κ1) is 17.2. The van der Waals surface area contributed by atoms with Crippen LogP contribution >= 0.6 is 11.3 Å². The third-order valence-corrected chi connectivity index (χ3v) is 5.94. The molecule has 2 aromatic carbocycles. The van der Waals surface area contributed by atoms with Gasteiger partial charge in [0.05, 0.1) is 29.9 Å². The third-order valence-electron chi connectivity index (χ3n) is 4.82. The van der Waals surface area contributed by atoms with Gasteiger partial charge in [0.15, 0.2) is 0 Å². The van der Waals surface area contributed by atoms with E-state index in [-0.39, 0.29) is 5.56 Å². The summed E-state index contributed by atoms with van der Waals surface area (Å²) in [6.07, 6.45) is 1.62. The zero-order valence-corrected chi connectivity index (χ0v) is 15.9. The lowest BCUT2D eigenvalue weighted by molar-refractivity contribution is 0.749. The van der Waals surface area contributed by atoms with Crippen molar-refractivity contribution in [1.82, 2.24) is 9.55 Å². The first-order valence-corrected chi connectivity index (χ1v) is 9.43. The number of benzene rings is 2. The van der Waals surface area contributed by atoms with E-state index in [9.17, 15) is 10.1 Å². The Balaban J connectivity index is 1.67. The molecule has 0 saturated heterocycles. The van der Waals surface area contributed by atoms with Crippen molar-refractivity contribution < 1.29 is 0 Å². The summed E-state index contributed by atoms with van der Waals surface area (Å²) in [7, 11) is 0. The van der Waals surface area contributed by atoms with E-state index in [1.54, 1.807) is 22.2 Å². The SMILES string of the molecule is Cc1sc2ncn(Cc3ccc(-c4ccccc4C#N)cc3)c(=O)c2c1C. The van der Waals surface area contributed by atoms with Gasteiger partial charge in [-0.3, -0.25) is 9.36 Å². The summed E-state index contributed by atoms with van der Waals surface area (Å²) >= 11 is 1.56. The van der Waals surface area contributed by atoms with Gasteiger partial charge < -0.3 is 0 Å². The summed E-state index contributed by atoms with van der Waals surface area (Å²) in [6.45, 7) is 4.46. The highest BCUT2D eigenvalue weighted by atomic mass is 32.1. The number of thiophene rings is 1. The minimum Gasteiger partial charge on any atom is -0.294 e. The maximum atomic E-state index is 12.8. The van der Waals surface area contributed by atoms with Gasteiger partial charge in [-0.15, -0.1) is 11.3 Å². The van der Waals surface area contributed by atoms with E-state index in [0.29, 0.717) is 12.1 Å². The van der Waals surface area contributed by atoms with Crippen molar-refractivity contribution in [3.63, 3.8) is 0 Å². The molecule has 4 nitrogen and oxygen atoms in total. The van der Waals surface area contributed by atoms with Crippen molar-refractivity contribution in [2.24, 2.45) is 0 Å². The van der Waals surface area contributed by atoms with Gasteiger partial charge in [0.1, 0.15) is 4.83 Å². The second-order valence-corrected chi connectivity index (χ2v) is 7.70. The fraction of sp³-hybridized carbons (Fsp3) is 0.136. The van der Waals surface area contributed by atoms with Gasteiger partial charge in [0.25, 0.3) is 5.56 Å². The Morgan fingerprint density at radius 1 is 1.11 bits per heavy atom. The van der Waals surface area contributed by atoms with Crippen LogP contribution in [-0.2, 0) is 6.54 Å². The maximum absolute atomic E-state index is 12.8. The molecule has 0 N–H and O–H groups in total. The Bertz CT molecular complexity index is 1240. The molecule has 0 saturated carbocycles. The fourth-order valence-electron chi connectivity index (χ4n) is 3.20. The van der Waals surface area contributed by atoms with Crippen molar-refractivity contribution in [2.75, 3.05) is 0 Å². The normalized spacial score (nSPS) is 10.9. The smallest absolute Gasteiger partial charge is 0.262 e. The Kier molecular flexibility index (Phi) is 4.35. The van der Waals surface area contributed by atoms with E-state index in [4.69, 9.17) is 0 Å². The standard InChI is InChI=1S/C22H17N3OS/c1-14-15(2)27-21-20(14)22(26)25(13-24-21)12-16-7-9-17(10-8-16)19-6-4-3-5-18(19)11-23/h3-10,13H,12H2,1-2H3. The third kappa shape index (κ3) is 3.05. The Morgan fingerprint density at radius 2 is 1.85 bits per heavy atom. The first-order chi connectivity index (χ1) is 13.1. The molecule has 0 fully saturated rings. The van der Waals surface area contributed by atoms with Crippen LogP contribution < -0.4 is 5.56 Å². The predicted octanol–water partition coefficient (Wildman–Crippen LogP) is 4.66. The Labute approximate surface area is 161 Å². The molecule has 0 spiro atoms. The summed E-state index contributed by atoms with van der Waals surface area (Å²) in [4.78, 5) is 19.2. The number of aromatic nitrogens is 2. The zero-order chi connectivity index (χ0) is 19.0. The Morgan fingerprint density at radius 3 is 2.59 bits per heavy atom. The van der Waals surface area contributed by atoms with Crippen molar-refractivity contribution in [1.29, 1.82) is 5.26 Å².